The van der Waals surface area contributed by atoms with Gasteiger partial charge in [-0.15, -0.1) is 0 Å². The van der Waals surface area contributed by atoms with Crippen molar-refractivity contribution in [1.82, 2.24) is 0 Å². The molecule has 0 saturated carbocycles. The molecule has 0 bridgehead atoms. The smallest absolute Gasteiger partial charge is 0.163 e. The van der Waals surface area contributed by atoms with Crippen LogP contribution in [0.15, 0.2) is 24.3 Å². The van der Waals surface area contributed by atoms with Gasteiger partial charge in [-0.1, -0.05) is 12.1 Å². The van der Waals surface area contributed by atoms with Gasteiger partial charge in [-0.2, -0.15) is 11.8 Å². The Balaban J connectivity index is 2.76. The summed E-state index contributed by atoms with van der Waals surface area (Å²) in [6.07, 6.45) is 2.64. The molecular formula is C12H17NOS. The molecule has 82 valence electrons. The van der Waals surface area contributed by atoms with E-state index < -0.39 is 0 Å². The normalized spacial score (nSPS) is 10.1. The number of Topliss-reactive ketones (excluding diaryl/α,β-unsaturated/α-hetero) is 1. The molecule has 0 atom stereocenters. The van der Waals surface area contributed by atoms with E-state index in [9.17, 15) is 4.79 Å². The fraction of sp³-hybridized carbons (Fsp3) is 0.417. The van der Waals surface area contributed by atoms with Crippen LogP contribution in [0.3, 0.4) is 0 Å². The van der Waals surface area contributed by atoms with Crippen LogP contribution in [0, 0.1) is 0 Å². The van der Waals surface area contributed by atoms with Crippen LogP contribution in [-0.4, -0.2) is 31.9 Å². The quantitative estimate of drug-likeness (QED) is 0.716. The molecule has 15 heavy (non-hydrogen) atoms. The van der Waals surface area contributed by atoms with Crippen molar-refractivity contribution >= 4 is 23.2 Å². The number of benzene rings is 1. The fourth-order valence-corrected chi connectivity index (χ4v) is 1.69. The van der Waals surface area contributed by atoms with Gasteiger partial charge in [-0.25, -0.2) is 0 Å². The number of anilines is 1. The molecule has 1 aromatic rings. The number of ketones is 1. The monoisotopic (exact) mass is 223 g/mol. The van der Waals surface area contributed by atoms with Crippen molar-refractivity contribution in [3.63, 3.8) is 0 Å². The molecule has 0 N–H and O–H groups in total. The van der Waals surface area contributed by atoms with Crippen LogP contribution in [0.4, 0.5) is 5.69 Å². The van der Waals surface area contributed by atoms with Gasteiger partial charge in [0, 0.05) is 37.5 Å². The van der Waals surface area contributed by atoms with Crippen LogP contribution in [0.25, 0.3) is 0 Å². The number of hydrogen-bond acceptors (Lipinski definition) is 3. The molecule has 1 aromatic carbocycles. The maximum Gasteiger partial charge on any atom is 0.163 e. The minimum absolute atomic E-state index is 0.230. The topological polar surface area (TPSA) is 20.3 Å². The summed E-state index contributed by atoms with van der Waals surface area (Å²) < 4.78 is 0. The molecule has 2 nitrogen and oxygen atoms in total. The zero-order chi connectivity index (χ0) is 11.3. The Morgan fingerprint density at radius 3 is 2.73 bits per heavy atom. The first-order chi connectivity index (χ1) is 7.15. The predicted molar refractivity (Wildman–Crippen MR) is 68.1 cm³/mol. The second kappa shape index (κ2) is 5.81. The maximum absolute atomic E-state index is 11.7. The van der Waals surface area contributed by atoms with Gasteiger partial charge in [0.15, 0.2) is 5.78 Å². The van der Waals surface area contributed by atoms with Crippen molar-refractivity contribution < 1.29 is 4.79 Å². The lowest BCUT2D eigenvalue weighted by Crippen LogP contribution is -2.10. The third-order valence-corrected chi connectivity index (χ3v) is 2.83. The van der Waals surface area contributed by atoms with Crippen molar-refractivity contribution in [2.75, 3.05) is 31.0 Å². The minimum atomic E-state index is 0.230. The molecule has 0 unspecified atom stereocenters. The molecule has 0 fully saturated rings. The molecule has 0 spiro atoms. The van der Waals surface area contributed by atoms with Crippen molar-refractivity contribution in [1.29, 1.82) is 0 Å². The molecule has 0 aliphatic rings. The van der Waals surface area contributed by atoms with Gasteiger partial charge in [0.1, 0.15) is 0 Å². The summed E-state index contributed by atoms with van der Waals surface area (Å²) in [5.41, 5.74) is 1.89. The zero-order valence-corrected chi connectivity index (χ0v) is 10.3. The summed E-state index contributed by atoms with van der Waals surface area (Å²) in [6, 6.07) is 7.77. The van der Waals surface area contributed by atoms with Gasteiger partial charge < -0.3 is 4.90 Å². The van der Waals surface area contributed by atoms with E-state index in [4.69, 9.17) is 0 Å². The van der Waals surface area contributed by atoms with Crippen LogP contribution in [-0.2, 0) is 0 Å². The Morgan fingerprint density at radius 1 is 1.40 bits per heavy atom. The van der Waals surface area contributed by atoms with E-state index in [2.05, 4.69) is 0 Å². The average molecular weight is 223 g/mol. The molecule has 0 saturated heterocycles. The summed E-state index contributed by atoms with van der Waals surface area (Å²) in [5.74, 6) is 1.12. The van der Waals surface area contributed by atoms with E-state index in [1.54, 1.807) is 11.8 Å². The SMILES string of the molecule is CSCCC(=O)c1cccc(N(C)C)c1. The standard InChI is InChI=1S/C12H17NOS/c1-13(2)11-6-4-5-10(9-11)12(14)7-8-15-3/h4-6,9H,7-8H2,1-3H3. The molecule has 0 heterocycles. The van der Waals surface area contributed by atoms with Crippen LogP contribution in [0.1, 0.15) is 16.8 Å². The zero-order valence-electron chi connectivity index (χ0n) is 9.49. The minimum Gasteiger partial charge on any atom is -0.378 e. The summed E-state index contributed by atoms with van der Waals surface area (Å²) in [4.78, 5) is 13.8. The molecule has 1 rings (SSSR count). The second-order valence-corrected chi connectivity index (χ2v) is 4.60. The van der Waals surface area contributed by atoms with E-state index in [0.717, 1.165) is 17.0 Å². The predicted octanol–water partition coefficient (Wildman–Crippen LogP) is 2.69. The third kappa shape index (κ3) is 3.59. The van der Waals surface area contributed by atoms with Crippen molar-refractivity contribution in [2.24, 2.45) is 0 Å². The summed E-state index contributed by atoms with van der Waals surface area (Å²) in [5, 5.41) is 0. The summed E-state index contributed by atoms with van der Waals surface area (Å²) in [6.45, 7) is 0. The number of hydrogen-bond donors (Lipinski definition) is 0. The Kier molecular flexibility index (Phi) is 4.69. The van der Waals surface area contributed by atoms with E-state index in [-0.39, 0.29) is 5.78 Å². The van der Waals surface area contributed by atoms with E-state index in [0.29, 0.717) is 6.42 Å². The van der Waals surface area contributed by atoms with E-state index in [1.165, 1.54) is 0 Å². The van der Waals surface area contributed by atoms with Gasteiger partial charge in [-0.05, 0) is 18.4 Å². The van der Waals surface area contributed by atoms with Gasteiger partial charge >= 0.3 is 0 Å². The first kappa shape index (κ1) is 12.1. The fourth-order valence-electron chi connectivity index (χ4n) is 1.30. The van der Waals surface area contributed by atoms with Gasteiger partial charge in [0.25, 0.3) is 0 Å². The molecule has 0 amide bonds. The number of carbonyl (C=O) groups excluding carboxylic acids is 1. The molecule has 0 aliphatic heterocycles. The molecule has 3 heteroatoms. The summed E-state index contributed by atoms with van der Waals surface area (Å²) in [7, 11) is 3.96. The molecule has 0 aliphatic carbocycles. The van der Waals surface area contributed by atoms with Crippen molar-refractivity contribution in [3.8, 4) is 0 Å². The Labute approximate surface area is 95.7 Å². The molecular weight excluding hydrogens is 206 g/mol. The molecule has 0 radical (unpaired) electrons. The Hall–Kier alpha value is -0.960. The number of carbonyl (C=O) groups is 1. The number of rotatable bonds is 5. The highest BCUT2D eigenvalue weighted by Crippen LogP contribution is 2.15. The number of nitrogens with zero attached hydrogens (tertiary/aromatic N) is 1. The van der Waals surface area contributed by atoms with Gasteiger partial charge in [-0.3, -0.25) is 4.79 Å². The first-order valence-corrected chi connectivity index (χ1v) is 6.34. The third-order valence-electron chi connectivity index (χ3n) is 2.22. The summed E-state index contributed by atoms with van der Waals surface area (Å²) >= 11 is 1.70. The Morgan fingerprint density at radius 2 is 2.13 bits per heavy atom. The number of thioether (sulfide) groups is 1. The van der Waals surface area contributed by atoms with Gasteiger partial charge in [0.2, 0.25) is 0 Å². The van der Waals surface area contributed by atoms with E-state index in [1.807, 2.05) is 49.5 Å². The lowest BCUT2D eigenvalue weighted by Gasteiger charge is -2.13. The Bertz CT molecular complexity index is 336. The molecule has 0 aromatic heterocycles. The van der Waals surface area contributed by atoms with Crippen LogP contribution in [0.5, 0.6) is 0 Å². The highest BCUT2D eigenvalue weighted by atomic mass is 32.2. The van der Waals surface area contributed by atoms with Crippen molar-refractivity contribution in [3.05, 3.63) is 29.8 Å². The second-order valence-electron chi connectivity index (χ2n) is 3.61. The lowest BCUT2D eigenvalue weighted by molar-refractivity contribution is 0.0989. The highest BCUT2D eigenvalue weighted by Gasteiger charge is 2.06. The van der Waals surface area contributed by atoms with Crippen LogP contribution >= 0.6 is 11.8 Å². The lowest BCUT2D eigenvalue weighted by atomic mass is 10.1. The highest BCUT2D eigenvalue weighted by molar-refractivity contribution is 7.98. The van der Waals surface area contributed by atoms with Crippen LogP contribution < -0.4 is 4.90 Å². The van der Waals surface area contributed by atoms with Crippen LogP contribution in [0.2, 0.25) is 0 Å². The maximum atomic E-state index is 11.7. The van der Waals surface area contributed by atoms with Gasteiger partial charge in [0.05, 0.1) is 0 Å². The largest absolute Gasteiger partial charge is 0.378 e. The van der Waals surface area contributed by atoms with Crippen molar-refractivity contribution in [2.45, 2.75) is 6.42 Å². The first-order valence-electron chi connectivity index (χ1n) is 4.94. The average Bonchev–Trinajstić information content (AvgIpc) is 2.26. The van der Waals surface area contributed by atoms with E-state index >= 15 is 0 Å².